The van der Waals surface area contributed by atoms with Gasteiger partial charge in [0.15, 0.2) is 5.96 Å². The van der Waals surface area contributed by atoms with E-state index < -0.39 is 0 Å². The predicted octanol–water partition coefficient (Wildman–Crippen LogP) is 1.78. The van der Waals surface area contributed by atoms with Crippen LogP contribution in [0.4, 0.5) is 0 Å². The molecule has 1 aromatic rings. The number of hydrogen-bond acceptors (Lipinski definition) is 4. The van der Waals surface area contributed by atoms with Crippen molar-refractivity contribution in [3.63, 3.8) is 0 Å². The fourth-order valence-corrected chi connectivity index (χ4v) is 3.34. The second-order valence-electron chi connectivity index (χ2n) is 7.22. The summed E-state index contributed by atoms with van der Waals surface area (Å²) >= 11 is 0. The van der Waals surface area contributed by atoms with Crippen LogP contribution in [0.5, 0.6) is 0 Å². The van der Waals surface area contributed by atoms with Gasteiger partial charge >= 0.3 is 0 Å². The SMILES string of the molecule is CCNC(=NCCCN1CCN(Cc2ccccc2)CC1)NC(C)COC. The zero-order chi connectivity index (χ0) is 19.3. The molecule has 6 heteroatoms. The minimum absolute atomic E-state index is 0.255. The lowest BCUT2D eigenvalue weighted by Gasteiger charge is -2.34. The Bertz CT molecular complexity index is 529. The van der Waals surface area contributed by atoms with Crippen molar-refractivity contribution in [3.05, 3.63) is 35.9 Å². The average molecular weight is 376 g/mol. The van der Waals surface area contributed by atoms with Gasteiger partial charge in [-0.15, -0.1) is 0 Å². The number of ether oxygens (including phenoxy) is 1. The van der Waals surface area contributed by atoms with Gasteiger partial charge in [0.05, 0.1) is 6.61 Å². The molecule has 1 aliphatic rings. The first-order valence-electron chi connectivity index (χ1n) is 10.2. The lowest BCUT2D eigenvalue weighted by atomic mass is 10.2. The minimum Gasteiger partial charge on any atom is -0.383 e. The van der Waals surface area contributed by atoms with Crippen molar-refractivity contribution in [2.45, 2.75) is 32.9 Å². The molecule has 0 saturated carbocycles. The summed E-state index contributed by atoms with van der Waals surface area (Å²) in [5.74, 6) is 0.884. The van der Waals surface area contributed by atoms with E-state index in [4.69, 9.17) is 9.73 Å². The largest absolute Gasteiger partial charge is 0.383 e. The van der Waals surface area contributed by atoms with Gasteiger partial charge in [-0.1, -0.05) is 30.3 Å². The maximum atomic E-state index is 5.18. The molecule has 6 nitrogen and oxygen atoms in total. The third-order valence-electron chi connectivity index (χ3n) is 4.76. The van der Waals surface area contributed by atoms with E-state index in [1.54, 1.807) is 7.11 Å². The molecule has 1 atom stereocenters. The van der Waals surface area contributed by atoms with Crippen LogP contribution in [0.25, 0.3) is 0 Å². The molecular weight excluding hydrogens is 338 g/mol. The summed E-state index contributed by atoms with van der Waals surface area (Å²) in [6.07, 6.45) is 1.09. The number of aliphatic imine (C=N–C) groups is 1. The summed E-state index contributed by atoms with van der Waals surface area (Å²) in [7, 11) is 1.72. The van der Waals surface area contributed by atoms with Crippen molar-refractivity contribution in [1.82, 2.24) is 20.4 Å². The van der Waals surface area contributed by atoms with Crippen molar-refractivity contribution in [2.24, 2.45) is 4.99 Å². The highest BCUT2D eigenvalue weighted by Crippen LogP contribution is 2.08. The van der Waals surface area contributed by atoms with E-state index in [0.717, 1.165) is 64.7 Å². The van der Waals surface area contributed by atoms with Gasteiger partial charge in [0, 0.05) is 65.5 Å². The van der Waals surface area contributed by atoms with Crippen molar-refractivity contribution < 1.29 is 4.74 Å². The topological polar surface area (TPSA) is 52.1 Å². The summed E-state index contributed by atoms with van der Waals surface area (Å²) in [6, 6.07) is 11.0. The van der Waals surface area contributed by atoms with Crippen LogP contribution >= 0.6 is 0 Å². The molecule has 1 saturated heterocycles. The number of piperazine rings is 1. The molecule has 152 valence electrons. The van der Waals surface area contributed by atoms with Gasteiger partial charge in [-0.2, -0.15) is 0 Å². The van der Waals surface area contributed by atoms with Crippen molar-refractivity contribution in [2.75, 3.05) is 59.5 Å². The zero-order valence-electron chi connectivity index (χ0n) is 17.3. The van der Waals surface area contributed by atoms with Gasteiger partial charge in [-0.05, 0) is 25.8 Å². The van der Waals surface area contributed by atoms with Crippen LogP contribution in [0.15, 0.2) is 35.3 Å². The van der Waals surface area contributed by atoms with E-state index in [2.05, 4.69) is 64.6 Å². The summed E-state index contributed by atoms with van der Waals surface area (Å²) in [5, 5.41) is 6.68. The normalized spacial score (nSPS) is 17.7. The summed E-state index contributed by atoms with van der Waals surface area (Å²) in [5.41, 5.74) is 1.41. The number of hydrogen-bond donors (Lipinski definition) is 2. The molecule has 1 aliphatic heterocycles. The van der Waals surface area contributed by atoms with E-state index >= 15 is 0 Å². The van der Waals surface area contributed by atoms with Crippen LogP contribution in [0.2, 0.25) is 0 Å². The zero-order valence-corrected chi connectivity index (χ0v) is 17.3. The second kappa shape index (κ2) is 12.7. The van der Waals surface area contributed by atoms with E-state index in [0.29, 0.717) is 6.61 Å². The number of nitrogens with one attached hydrogen (secondary N) is 2. The molecule has 0 bridgehead atoms. The maximum absolute atomic E-state index is 5.18. The lowest BCUT2D eigenvalue weighted by molar-refractivity contribution is 0.127. The average Bonchev–Trinajstić information content (AvgIpc) is 2.67. The Hall–Kier alpha value is -1.63. The van der Waals surface area contributed by atoms with Gasteiger partial charge in [0.1, 0.15) is 0 Å². The van der Waals surface area contributed by atoms with Crippen LogP contribution in [0.3, 0.4) is 0 Å². The second-order valence-corrected chi connectivity index (χ2v) is 7.22. The molecule has 1 aromatic carbocycles. The van der Waals surface area contributed by atoms with Crippen LogP contribution in [-0.4, -0.2) is 81.3 Å². The molecule has 0 aliphatic carbocycles. The molecule has 0 aromatic heterocycles. The van der Waals surface area contributed by atoms with Gasteiger partial charge in [-0.25, -0.2) is 0 Å². The Morgan fingerprint density at radius 1 is 1.15 bits per heavy atom. The highest BCUT2D eigenvalue weighted by Gasteiger charge is 2.16. The summed E-state index contributed by atoms with van der Waals surface area (Å²) < 4.78 is 5.18. The Balaban J connectivity index is 1.63. The van der Waals surface area contributed by atoms with Crippen LogP contribution in [0.1, 0.15) is 25.8 Å². The quantitative estimate of drug-likeness (QED) is 0.371. The van der Waals surface area contributed by atoms with E-state index in [1.807, 2.05) is 0 Å². The molecule has 0 amide bonds. The number of nitrogens with zero attached hydrogens (tertiary/aromatic N) is 3. The molecule has 0 radical (unpaired) electrons. The first-order valence-corrected chi connectivity index (χ1v) is 10.2. The minimum atomic E-state index is 0.255. The first kappa shape index (κ1) is 21.7. The van der Waals surface area contributed by atoms with Gasteiger partial charge in [0.25, 0.3) is 0 Å². The van der Waals surface area contributed by atoms with Crippen LogP contribution in [-0.2, 0) is 11.3 Å². The van der Waals surface area contributed by atoms with E-state index in [1.165, 1.54) is 5.56 Å². The van der Waals surface area contributed by atoms with Crippen molar-refractivity contribution >= 4 is 5.96 Å². The predicted molar refractivity (Wildman–Crippen MR) is 113 cm³/mol. The Kier molecular flexibility index (Phi) is 10.2. The fraction of sp³-hybridized carbons (Fsp3) is 0.667. The van der Waals surface area contributed by atoms with Gasteiger partial charge in [0.2, 0.25) is 0 Å². The Labute approximate surface area is 165 Å². The molecule has 27 heavy (non-hydrogen) atoms. The number of guanidine groups is 1. The first-order chi connectivity index (χ1) is 13.2. The van der Waals surface area contributed by atoms with Gasteiger partial charge in [-0.3, -0.25) is 9.89 Å². The standard InChI is InChI=1S/C21H37N5O/c1-4-22-21(24-19(2)18-27-3)23-11-8-12-25-13-15-26(16-14-25)17-20-9-6-5-7-10-20/h5-7,9-10,19H,4,8,11-18H2,1-3H3,(H2,22,23,24). The fourth-order valence-electron chi connectivity index (χ4n) is 3.34. The number of methoxy groups -OCH3 is 1. The number of rotatable bonds is 10. The third-order valence-corrected chi connectivity index (χ3v) is 4.76. The van der Waals surface area contributed by atoms with E-state index in [-0.39, 0.29) is 6.04 Å². The molecule has 2 N–H and O–H groups in total. The Morgan fingerprint density at radius 3 is 2.52 bits per heavy atom. The van der Waals surface area contributed by atoms with Crippen molar-refractivity contribution in [1.29, 1.82) is 0 Å². The van der Waals surface area contributed by atoms with Gasteiger partial charge < -0.3 is 20.3 Å². The third kappa shape index (κ3) is 8.73. The van der Waals surface area contributed by atoms with Crippen LogP contribution < -0.4 is 10.6 Å². The Morgan fingerprint density at radius 2 is 1.85 bits per heavy atom. The monoisotopic (exact) mass is 375 g/mol. The highest BCUT2D eigenvalue weighted by atomic mass is 16.5. The highest BCUT2D eigenvalue weighted by molar-refractivity contribution is 5.80. The molecule has 1 heterocycles. The summed E-state index contributed by atoms with van der Waals surface area (Å²) in [6.45, 7) is 13.4. The number of benzene rings is 1. The maximum Gasteiger partial charge on any atom is 0.191 e. The lowest BCUT2D eigenvalue weighted by Crippen LogP contribution is -2.46. The molecule has 1 unspecified atom stereocenters. The molecule has 2 rings (SSSR count). The molecule has 0 spiro atoms. The molecule has 1 fully saturated rings. The smallest absolute Gasteiger partial charge is 0.191 e. The van der Waals surface area contributed by atoms with E-state index in [9.17, 15) is 0 Å². The van der Waals surface area contributed by atoms with Crippen molar-refractivity contribution in [3.8, 4) is 0 Å². The molecular formula is C21H37N5O. The van der Waals surface area contributed by atoms with Crippen LogP contribution in [0, 0.1) is 0 Å². The summed E-state index contributed by atoms with van der Waals surface area (Å²) in [4.78, 5) is 9.80.